The summed E-state index contributed by atoms with van der Waals surface area (Å²) >= 11 is 1.64. The summed E-state index contributed by atoms with van der Waals surface area (Å²) < 4.78 is 7.47. The monoisotopic (exact) mass is 628 g/mol. The number of ether oxygens (including phenoxy) is 1. The van der Waals surface area contributed by atoms with Crippen LogP contribution in [0.15, 0.2) is 47.6 Å². The first kappa shape index (κ1) is 29.9. The molecule has 2 aromatic heterocycles. The Hall–Kier alpha value is -3.80. The molecule has 3 N–H and O–H groups in total. The number of aliphatic hydroxyl groups is 1. The van der Waals surface area contributed by atoms with Crippen LogP contribution in [0.2, 0.25) is 0 Å². The van der Waals surface area contributed by atoms with Gasteiger partial charge in [0.2, 0.25) is 0 Å². The molecule has 4 aliphatic rings. The summed E-state index contributed by atoms with van der Waals surface area (Å²) in [6, 6.07) is 9.94. The SMILES string of the molecule is CCCc1cc(NC(=O)NC2CC2)ccc1Oc1ccnc2cc(C3=CCC(CN4CCN(C(=O)C5(O)CC5)CC4)C=N3)sc12. The van der Waals surface area contributed by atoms with E-state index in [1.54, 1.807) is 17.5 Å². The highest BCUT2D eigenvalue weighted by Gasteiger charge is 2.50. The minimum atomic E-state index is -1.08. The standard InChI is InChI=1S/C34H40N6O4S/c1-2-3-23-18-25(38-33(42)37-24-5-6-24)7-9-28(23)44-29-10-13-35-27-19-30(45-31(27)29)26-8-4-22(20-36-26)21-39-14-16-40(17-15-39)32(41)34(43)11-12-34/h7-10,13,18-20,22,24,43H,2-6,11-12,14-17,21H2,1H3,(H2,37,38,42). The van der Waals surface area contributed by atoms with Crippen LogP contribution in [0, 0.1) is 5.92 Å². The van der Waals surface area contributed by atoms with Crippen molar-refractivity contribution in [1.82, 2.24) is 20.1 Å². The Morgan fingerprint density at radius 3 is 2.64 bits per heavy atom. The Morgan fingerprint density at radius 1 is 1.11 bits per heavy atom. The number of allylic oxidation sites excluding steroid dienone is 1. The number of urea groups is 1. The summed E-state index contributed by atoms with van der Waals surface area (Å²) in [4.78, 5) is 39.4. The van der Waals surface area contributed by atoms with E-state index in [4.69, 9.17) is 9.73 Å². The topological polar surface area (TPSA) is 119 Å². The zero-order chi connectivity index (χ0) is 31.0. The van der Waals surface area contributed by atoms with Gasteiger partial charge in [0.05, 0.1) is 20.8 Å². The summed E-state index contributed by atoms with van der Waals surface area (Å²) in [5, 5.41) is 16.1. The molecule has 1 saturated heterocycles. The fraction of sp³-hybridized carbons (Fsp3) is 0.471. The molecule has 1 atom stereocenters. The van der Waals surface area contributed by atoms with Crippen molar-refractivity contribution in [3.05, 3.63) is 53.0 Å². The molecule has 3 fully saturated rings. The first-order valence-corrected chi connectivity index (χ1v) is 16.9. The lowest BCUT2D eigenvalue weighted by Crippen LogP contribution is -2.52. The average molecular weight is 629 g/mol. The highest BCUT2D eigenvalue weighted by atomic mass is 32.1. The van der Waals surface area contributed by atoms with E-state index in [0.717, 1.165) is 95.3 Å². The van der Waals surface area contributed by atoms with E-state index in [-0.39, 0.29) is 11.9 Å². The minimum Gasteiger partial charge on any atom is -0.455 e. The number of thiophene rings is 1. The van der Waals surface area contributed by atoms with E-state index in [0.29, 0.717) is 37.9 Å². The fourth-order valence-electron chi connectivity index (χ4n) is 5.98. The molecule has 236 valence electrons. The molecule has 0 bridgehead atoms. The van der Waals surface area contributed by atoms with E-state index >= 15 is 0 Å². The lowest BCUT2D eigenvalue weighted by Gasteiger charge is -2.37. The van der Waals surface area contributed by atoms with Gasteiger partial charge in [0.1, 0.15) is 17.1 Å². The number of fused-ring (bicyclic) bond motifs is 1. The highest BCUT2D eigenvalue weighted by Crippen LogP contribution is 2.40. The number of aliphatic imine (C=N–C) groups is 1. The maximum absolute atomic E-state index is 12.4. The predicted molar refractivity (Wildman–Crippen MR) is 177 cm³/mol. The number of piperazine rings is 1. The summed E-state index contributed by atoms with van der Waals surface area (Å²) in [5.74, 6) is 1.76. The summed E-state index contributed by atoms with van der Waals surface area (Å²) in [7, 11) is 0. The van der Waals surface area contributed by atoms with Crippen LogP contribution in [0.25, 0.3) is 15.9 Å². The van der Waals surface area contributed by atoms with Crippen molar-refractivity contribution in [3.63, 3.8) is 0 Å². The van der Waals surface area contributed by atoms with Crippen LogP contribution in [-0.2, 0) is 11.2 Å². The molecule has 2 aliphatic carbocycles. The Morgan fingerprint density at radius 2 is 1.93 bits per heavy atom. The second-order valence-electron chi connectivity index (χ2n) is 12.7. The molecule has 0 spiro atoms. The Kier molecular flexibility index (Phi) is 8.32. The molecule has 2 saturated carbocycles. The smallest absolute Gasteiger partial charge is 0.319 e. The van der Waals surface area contributed by atoms with Crippen molar-refractivity contribution in [1.29, 1.82) is 0 Å². The molecule has 4 heterocycles. The lowest BCUT2D eigenvalue weighted by atomic mass is 10.0. The third-order valence-electron chi connectivity index (χ3n) is 8.91. The molecule has 10 nitrogen and oxygen atoms in total. The van der Waals surface area contributed by atoms with Crippen molar-refractivity contribution in [3.8, 4) is 11.5 Å². The molecule has 3 amide bonds. The van der Waals surface area contributed by atoms with Gasteiger partial charge in [0.15, 0.2) is 0 Å². The van der Waals surface area contributed by atoms with Crippen LogP contribution in [0.3, 0.4) is 0 Å². The number of carbonyl (C=O) groups excluding carboxylic acids is 2. The van der Waals surface area contributed by atoms with Crippen LogP contribution in [0.4, 0.5) is 10.5 Å². The number of hydrogen-bond donors (Lipinski definition) is 3. The quantitative estimate of drug-likeness (QED) is 0.276. The van der Waals surface area contributed by atoms with Crippen LogP contribution in [-0.4, -0.2) is 82.4 Å². The Balaban J connectivity index is 0.985. The number of anilines is 1. The molecule has 1 unspecified atom stereocenters. The maximum Gasteiger partial charge on any atom is 0.319 e. The van der Waals surface area contributed by atoms with Gasteiger partial charge in [0, 0.05) is 68.8 Å². The Bertz CT molecular complexity index is 1650. The number of nitrogens with zero attached hydrogens (tertiary/aromatic N) is 4. The second-order valence-corrected chi connectivity index (χ2v) is 13.7. The minimum absolute atomic E-state index is 0.0956. The molecule has 1 aromatic carbocycles. The van der Waals surface area contributed by atoms with Crippen molar-refractivity contribution in [2.75, 3.05) is 38.0 Å². The molecule has 0 radical (unpaired) electrons. The number of aromatic nitrogens is 1. The van der Waals surface area contributed by atoms with Crippen molar-refractivity contribution < 1.29 is 19.4 Å². The van der Waals surface area contributed by atoms with Gasteiger partial charge in [-0.15, -0.1) is 11.3 Å². The fourth-order valence-corrected chi connectivity index (χ4v) is 7.04. The van der Waals surface area contributed by atoms with Crippen molar-refractivity contribution >= 4 is 51.1 Å². The molecule has 3 aromatic rings. The first-order chi connectivity index (χ1) is 21.9. The third-order valence-corrected chi connectivity index (χ3v) is 10.1. The van der Waals surface area contributed by atoms with Gasteiger partial charge in [-0.2, -0.15) is 0 Å². The number of aryl methyl sites for hydroxylation is 1. The molecule has 7 rings (SSSR count). The van der Waals surface area contributed by atoms with Gasteiger partial charge in [-0.1, -0.05) is 19.4 Å². The number of carbonyl (C=O) groups is 2. The molecule has 11 heteroatoms. The first-order valence-electron chi connectivity index (χ1n) is 16.1. The zero-order valence-electron chi connectivity index (χ0n) is 25.6. The highest BCUT2D eigenvalue weighted by molar-refractivity contribution is 7.20. The van der Waals surface area contributed by atoms with Gasteiger partial charge >= 0.3 is 6.03 Å². The number of amides is 3. The third kappa shape index (κ3) is 6.90. The van der Waals surface area contributed by atoms with Gasteiger partial charge in [-0.3, -0.25) is 19.7 Å². The van der Waals surface area contributed by atoms with E-state index in [1.807, 2.05) is 29.2 Å². The van der Waals surface area contributed by atoms with Crippen LogP contribution < -0.4 is 15.4 Å². The largest absolute Gasteiger partial charge is 0.455 e. The number of rotatable bonds is 10. The summed E-state index contributed by atoms with van der Waals surface area (Å²) in [6.07, 6.45) is 12.0. The summed E-state index contributed by atoms with van der Waals surface area (Å²) in [6.45, 7) is 6.02. The van der Waals surface area contributed by atoms with E-state index in [1.165, 1.54) is 0 Å². The second kappa shape index (κ2) is 12.5. The van der Waals surface area contributed by atoms with Gasteiger partial charge < -0.3 is 25.4 Å². The van der Waals surface area contributed by atoms with Gasteiger partial charge in [-0.05, 0) is 68.4 Å². The number of benzene rings is 1. The normalized spacial score (nSPS) is 21.0. The van der Waals surface area contributed by atoms with Crippen LogP contribution in [0.5, 0.6) is 11.5 Å². The van der Waals surface area contributed by atoms with Crippen molar-refractivity contribution in [2.24, 2.45) is 10.9 Å². The number of hydrogen-bond acceptors (Lipinski definition) is 8. The number of pyridine rings is 1. The summed E-state index contributed by atoms with van der Waals surface area (Å²) in [5.41, 5.74) is 2.56. The van der Waals surface area contributed by atoms with E-state index < -0.39 is 5.60 Å². The lowest BCUT2D eigenvalue weighted by molar-refractivity contribution is -0.144. The molecule has 2 aliphatic heterocycles. The van der Waals surface area contributed by atoms with Crippen LogP contribution >= 0.6 is 11.3 Å². The van der Waals surface area contributed by atoms with Gasteiger partial charge in [0.25, 0.3) is 5.91 Å². The van der Waals surface area contributed by atoms with E-state index in [9.17, 15) is 14.7 Å². The van der Waals surface area contributed by atoms with Gasteiger partial charge in [-0.25, -0.2) is 4.79 Å². The molecular weight excluding hydrogens is 588 g/mol. The Labute approximate surface area is 267 Å². The number of nitrogens with one attached hydrogen (secondary N) is 2. The molecule has 45 heavy (non-hydrogen) atoms. The molecular formula is C34H40N6O4S. The predicted octanol–water partition coefficient (Wildman–Crippen LogP) is 5.43. The van der Waals surface area contributed by atoms with E-state index in [2.05, 4.69) is 45.8 Å². The zero-order valence-corrected chi connectivity index (χ0v) is 26.4. The van der Waals surface area contributed by atoms with Crippen molar-refractivity contribution in [2.45, 2.75) is 63.5 Å². The average Bonchev–Trinajstić information content (AvgIpc) is 3.97. The van der Waals surface area contributed by atoms with Crippen LogP contribution in [0.1, 0.15) is 55.9 Å². The maximum atomic E-state index is 12.4.